The van der Waals surface area contributed by atoms with Gasteiger partial charge >= 0.3 is 0 Å². The molecular weight excluding hydrogens is 326 g/mol. The highest BCUT2D eigenvalue weighted by Crippen LogP contribution is 2.48. The molecule has 1 aromatic rings. The van der Waals surface area contributed by atoms with Crippen LogP contribution in [0.1, 0.15) is 58.2 Å². The molecule has 118 valence electrons. The third kappa shape index (κ3) is 3.69. The Morgan fingerprint density at radius 3 is 2.48 bits per heavy atom. The Kier molecular flexibility index (Phi) is 4.87. The van der Waals surface area contributed by atoms with Crippen molar-refractivity contribution in [2.24, 2.45) is 5.92 Å². The highest BCUT2D eigenvalue weighted by Gasteiger charge is 2.49. The van der Waals surface area contributed by atoms with Gasteiger partial charge in [0.25, 0.3) is 0 Å². The van der Waals surface area contributed by atoms with E-state index in [4.69, 9.17) is 4.74 Å². The highest BCUT2D eigenvalue weighted by molar-refractivity contribution is 9.10. The lowest BCUT2D eigenvalue weighted by Gasteiger charge is -2.34. The maximum absolute atomic E-state index is 6.31. The van der Waals surface area contributed by atoms with Gasteiger partial charge in [0.1, 0.15) is 0 Å². The molecule has 1 aliphatic rings. The van der Waals surface area contributed by atoms with Crippen molar-refractivity contribution in [3.05, 3.63) is 33.8 Å². The molecule has 0 spiro atoms. The van der Waals surface area contributed by atoms with Gasteiger partial charge in [-0.1, -0.05) is 28.9 Å². The van der Waals surface area contributed by atoms with E-state index >= 15 is 0 Å². The second-order valence-electron chi connectivity index (χ2n) is 7.31. The number of aryl methyl sites for hydroxylation is 1. The van der Waals surface area contributed by atoms with Crippen LogP contribution in [-0.4, -0.2) is 17.7 Å². The minimum Gasteiger partial charge on any atom is -0.369 e. The molecule has 0 radical (unpaired) electrons. The van der Waals surface area contributed by atoms with E-state index in [9.17, 15) is 0 Å². The molecule has 3 heteroatoms. The van der Waals surface area contributed by atoms with Crippen LogP contribution in [0.2, 0.25) is 0 Å². The monoisotopic (exact) mass is 353 g/mol. The SMILES string of the molecule is CCNC(c1ccc(Br)cc1C)C1CC(C)(C)OC1(C)C. The summed E-state index contributed by atoms with van der Waals surface area (Å²) in [5, 5.41) is 3.70. The number of hydrogen-bond acceptors (Lipinski definition) is 2. The standard InChI is InChI=1S/C18H28BrNO/c1-7-20-16(14-9-8-13(19)10-12(14)2)15-11-17(3,4)21-18(15,5)6/h8-10,15-16,20H,7,11H2,1-6H3. The van der Waals surface area contributed by atoms with Crippen molar-refractivity contribution in [1.82, 2.24) is 5.32 Å². The van der Waals surface area contributed by atoms with Gasteiger partial charge in [0.15, 0.2) is 0 Å². The first-order valence-corrected chi connectivity index (χ1v) is 8.65. The van der Waals surface area contributed by atoms with E-state index in [-0.39, 0.29) is 11.2 Å². The molecule has 1 heterocycles. The summed E-state index contributed by atoms with van der Waals surface area (Å²) in [6.45, 7) is 14.2. The zero-order chi connectivity index (χ0) is 15.8. The maximum atomic E-state index is 6.31. The van der Waals surface area contributed by atoms with Crippen LogP contribution in [0.5, 0.6) is 0 Å². The lowest BCUT2D eigenvalue weighted by molar-refractivity contribution is -0.0778. The molecule has 21 heavy (non-hydrogen) atoms. The largest absolute Gasteiger partial charge is 0.369 e. The van der Waals surface area contributed by atoms with Crippen LogP contribution in [-0.2, 0) is 4.74 Å². The molecule has 1 N–H and O–H groups in total. The number of halogens is 1. The fourth-order valence-electron chi connectivity index (χ4n) is 3.80. The van der Waals surface area contributed by atoms with Crippen molar-refractivity contribution in [2.45, 2.75) is 65.2 Å². The van der Waals surface area contributed by atoms with Gasteiger partial charge < -0.3 is 10.1 Å². The molecular formula is C18H28BrNO. The predicted molar refractivity (Wildman–Crippen MR) is 92.6 cm³/mol. The van der Waals surface area contributed by atoms with Gasteiger partial charge in [-0.25, -0.2) is 0 Å². The lowest BCUT2D eigenvalue weighted by atomic mass is 9.78. The van der Waals surface area contributed by atoms with Gasteiger partial charge in [-0.15, -0.1) is 0 Å². The zero-order valence-corrected chi connectivity index (χ0v) is 15.7. The van der Waals surface area contributed by atoms with E-state index in [1.807, 2.05) is 0 Å². The van der Waals surface area contributed by atoms with Gasteiger partial charge in [-0.05, 0) is 70.8 Å². The molecule has 0 saturated carbocycles. The summed E-state index contributed by atoms with van der Waals surface area (Å²) in [6, 6.07) is 6.92. The Morgan fingerprint density at radius 2 is 2.00 bits per heavy atom. The van der Waals surface area contributed by atoms with Crippen LogP contribution < -0.4 is 5.32 Å². The summed E-state index contributed by atoms with van der Waals surface area (Å²) in [5.41, 5.74) is 2.55. The van der Waals surface area contributed by atoms with E-state index in [1.165, 1.54) is 11.1 Å². The van der Waals surface area contributed by atoms with Gasteiger partial charge in [0.2, 0.25) is 0 Å². The van der Waals surface area contributed by atoms with Crippen molar-refractivity contribution < 1.29 is 4.74 Å². The lowest BCUT2D eigenvalue weighted by Crippen LogP contribution is -2.38. The molecule has 0 aliphatic carbocycles. The number of rotatable bonds is 4. The van der Waals surface area contributed by atoms with Crippen molar-refractivity contribution in [3.8, 4) is 0 Å². The smallest absolute Gasteiger partial charge is 0.0681 e. The molecule has 1 aromatic carbocycles. The fourth-order valence-corrected chi connectivity index (χ4v) is 4.28. The Balaban J connectivity index is 2.39. The topological polar surface area (TPSA) is 21.3 Å². The Hall–Kier alpha value is -0.380. The van der Waals surface area contributed by atoms with Gasteiger partial charge in [-0.3, -0.25) is 0 Å². The fraction of sp³-hybridized carbons (Fsp3) is 0.667. The number of nitrogens with one attached hydrogen (secondary N) is 1. The predicted octanol–water partition coefficient (Wildman–Crippen LogP) is 5.00. The first-order chi connectivity index (χ1) is 9.66. The van der Waals surface area contributed by atoms with E-state index in [2.05, 4.69) is 81.0 Å². The van der Waals surface area contributed by atoms with Crippen LogP contribution in [0.15, 0.2) is 22.7 Å². The number of ether oxygens (including phenoxy) is 1. The van der Waals surface area contributed by atoms with E-state index in [0.29, 0.717) is 12.0 Å². The average molecular weight is 354 g/mol. The maximum Gasteiger partial charge on any atom is 0.0681 e. The molecule has 0 aromatic heterocycles. The quantitative estimate of drug-likeness (QED) is 0.821. The first kappa shape index (κ1) is 17.0. The van der Waals surface area contributed by atoms with E-state index in [1.54, 1.807) is 0 Å². The number of benzene rings is 1. The van der Waals surface area contributed by atoms with Crippen LogP contribution in [0, 0.1) is 12.8 Å². The van der Waals surface area contributed by atoms with Crippen molar-refractivity contribution in [3.63, 3.8) is 0 Å². The highest BCUT2D eigenvalue weighted by atomic mass is 79.9. The minimum atomic E-state index is -0.115. The van der Waals surface area contributed by atoms with Gasteiger partial charge in [-0.2, -0.15) is 0 Å². The molecule has 2 nitrogen and oxygen atoms in total. The van der Waals surface area contributed by atoms with Crippen LogP contribution in [0.3, 0.4) is 0 Å². The summed E-state index contributed by atoms with van der Waals surface area (Å²) < 4.78 is 7.45. The van der Waals surface area contributed by atoms with E-state index < -0.39 is 0 Å². The molecule has 1 aliphatic heterocycles. The summed E-state index contributed by atoms with van der Waals surface area (Å²) in [6.07, 6.45) is 1.08. The van der Waals surface area contributed by atoms with Crippen LogP contribution in [0.4, 0.5) is 0 Å². The third-order valence-corrected chi connectivity index (χ3v) is 5.03. The van der Waals surface area contributed by atoms with Gasteiger partial charge in [0.05, 0.1) is 11.2 Å². The molecule has 2 atom stereocenters. The molecule has 2 unspecified atom stereocenters. The second kappa shape index (κ2) is 6.02. The molecule has 1 fully saturated rings. The van der Waals surface area contributed by atoms with Crippen molar-refractivity contribution in [1.29, 1.82) is 0 Å². The normalized spacial score (nSPS) is 25.0. The zero-order valence-electron chi connectivity index (χ0n) is 14.1. The van der Waals surface area contributed by atoms with E-state index in [0.717, 1.165) is 17.4 Å². The van der Waals surface area contributed by atoms with Crippen LogP contribution in [0.25, 0.3) is 0 Å². The van der Waals surface area contributed by atoms with Crippen LogP contribution >= 0.6 is 15.9 Å². The number of hydrogen-bond donors (Lipinski definition) is 1. The molecule has 2 rings (SSSR count). The molecule has 0 bridgehead atoms. The summed E-state index contributed by atoms with van der Waals surface area (Å²) in [7, 11) is 0. The second-order valence-corrected chi connectivity index (χ2v) is 8.23. The Bertz CT molecular complexity index is 510. The van der Waals surface area contributed by atoms with Crippen molar-refractivity contribution >= 4 is 15.9 Å². The Labute approximate surface area is 137 Å². The first-order valence-electron chi connectivity index (χ1n) is 7.86. The molecule has 0 amide bonds. The summed E-state index contributed by atoms with van der Waals surface area (Å²) in [4.78, 5) is 0. The minimum absolute atomic E-state index is 0.0505. The summed E-state index contributed by atoms with van der Waals surface area (Å²) in [5.74, 6) is 0.465. The van der Waals surface area contributed by atoms with Crippen molar-refractivity contribution in [2.75, 3.05) is 6.54 Å². The van der Waals surface area contributed by atoms with Gasteiger partial charge in [0, 0.05) is 16.4 Å². The Morgan fingerprint density at radius 1 is 1.33 bits per heavy atom. The summed E-state index contributed by atoms with van der Waals surface area (Å²) >= 11 is 3.56. The molecule has 1 saturated heterocycles. The third-order valence-electron chi connectivity index (χ3n) is 4.54. The average Bonchev–Trinajstić information content (AvgIpc) is 2.55.